The van der Waals surface area contributed by atoms with Crippen LogP contribution < -0.4 is 10.7 Å². The molecule has 0 bridgehead atoms. The van der Waals surface area contributed by atoms with Crippen molar-refractivity contribution >= 4 is 29.0 Å². The van der Waals surface area contributed by atoms with E-state index >= 15 is 0 Å². The van der Waals surface area contributed by atoms with Crippen molar-refractivity contribution in [2.75, 3.05) is 11.9 Å². The Hall–Kier alpha value is -2.77. The molecule has 8 heteroatoms. The maximum atomic E-state index is 13.6. The van der Waals surface area contributed by atoms with E-state index in [4.69, 9.17) is 11.6 Å². The highest BCUT2D eigenvalue weighted by Crippen LogP contribution is 2.39. The number of rotatable bonds is 6. The smallest absolute Gasteiger partial charge is 0.284 e. The average Bonchev–Trinajstić information content (AvgIpc) is 2.72. The summed E-state index contributed by atoms with van der Waals surface area (Å²) in [5.74, 6) is -1.20. The summed E-state index contributed by atoms with van der Waals surface area (Å²) in [5.41, 5.74) is 3.99. The van der Waals surface area contributed by atoms with E-state index < -0.39 is 11.4 Å². The van der Waals surface area contributed by atoms with Crippen molar-refractivity contribution in [3.05, 3.63) is 70.4 Å². The summed E-state index contributed by atoms with van der Waals surface area (Å²) in [5, 5.41) is 4.40. The molecule has 2 heterocycles. The number of Topliss-reactive ketones (excluding diaryl/α,β-unsaturated/α-hetero) is 1. The van der Waals surface area contributed by atoms with Gasteiger partial charge in [-0.1, -0.05) is 18.5 Å². The fourth-order valence-electron chi connectivity index (χ4n) is 3.63. The van der Waals surface area contributed by atoms with Crippen molar-refractivity contribution in [2.45, 2.75) is 32.7 Å². The molecule has 0 radical (unpaired) electrons. The largest absolute Gasteiger partial charge is 0.351 e. The molecule has 0 spiro atoms. The minimum Gasteiger partial charge on any atom is -0.351 e. The molecule has 2 aromatic rings. The van der Waals surface area contributed by atoms with E-state index in [1.165, 1.54) is 30.1 Å². The van der Waals surface area contributed by atoms with Crippen LogP contribution in [0.3, 0.4) is 0 Å². The molecule has 152 valence electrons. The Labute approximate surface area is 173 Å². The van der Waals surface area contributed by atoms with Gasteiger partial charge in [0, 0.05) is 24.6 Å². The van der Waals surface area contributed by atoms with Gasteiger partial charge in [-0.25, -0.2) is 9.82 Å². The van der Waals surface area contributed by atoms with Gasteiger partial charge in [0.05, 0.1) is 16.1 Å². The molecule has 6 nitrogen and oxygen atoms in total. The zero-order valence-corrected chi connectivity index (χ0v) is 17.2. The quantitative estimate of drug-likeness (QED) is 0.749. The molecule has 29 heavy (non-hydrogen) atoms. The number of nitrogens with zero attached hydrogens (tertiary/aromatic N) is 2. The third kappa shape index (κ3) is 3.75. The minimum absolute atomic E-state index is 0.0791. The molecule has 0 fully saturated rings. The summed E-state index contributed by atoms with van der Waals surface area (Å²) in [6.45, 7) is 5.58. The van der Waals surface area contributed by atoms with Crippen molar-refractivity contribution < 1.29 is 14.0 Å². The maximum absolute atomic E-state index is 13.6. The lowest BCUT2D eigenvalue weighted by Gasteiger charge is -2.45. The predicted molar refractivity (Wildman–Crippen MR) is 109 cm³/mol. The number of pyridine rings is 1. The van der Waals surface area contributed by atoms with Gasteiger partial charge < -0.3 is 5.32 Å². The van der Waals surface area contributed by atoms with Gasteiger partial charge in [0.25, 0.3) is 5.91 Å². The van der Waals surface area contributed by atoms with Crippen LogP contribution in [-0.2, 0) is 15.1 Å². The fourth-order valence-corrected chi connectivity index (χ4v) is 3.81. The minimum atomic E-state index is -0.926. The molecule has 1 aromatic carbocycles. The molecule has 1 aliphatic rings. The molecule has 1 amide bonds. The second-order valence-corrected chi connectivity index (χ2v) is 7.12. The highest BCUT2D eigenvalue weighted by molar-refractivity contribution is 6.31. The zero-order valence-electron chi connectivity index (χ0n) is 16.4. The molecular formula is C21H22ClFN4O2. The number of anilines is 1. The van der Waals surface area contributed by atoms with E-state index in [1.54, 1.807) is 12.4 Å². The number of carbonyl (C=O) groups is 2. The lowest BCUT2D eigenvalue weighted by atomic mass is 9.77. The molecule has 0 saturated heterocycles. The van der Waals surface area contributed by atoms with Crippen molar-refractivity contribution in [3.8, 4) is 0 Å². The molecule has 2 N–H and O–H groups in total. The second kappa shape index (κ2) is 8.31. The number of halogens is 2. The normalized spacial score (nSPS) is 19.5. The van der Waals surface area contributed by atoms with Crippen LogP contribution in [0.15, 0.2) is 54.0 Å². The third-order valence-electron chi connectivity index (χ3n) is 5.02. The number of hydrogen-bond donors (Lipinski definition) is 2. The Balaban J connectivity index is 2.24. The monoisotopic (exact) mass is 416 g/mol. The summed E-state index contributed by atoms with van der Waals surface area (Å²) >= 11 is 5.89. The van der Waals surface area contributed by atoms with Gasteiger partial charge in [0.2, 0.25) is 0 Å². The van der Waals surface area contributed by atoms with Crippen molar-refractivity contribution in [2.24, 2.45) is 0 Å². The van der Waals surface area contributed by atoms with Crippen LogP contribution in [0.4, 0.5) is 10.1 Å². The Morgan fingerprint density at radius 2 is 1.97 bits per heavy atom. The lowest BCUT2D eigenvalue weighted by molar-refractivity contribution is -0.134. The molecule has 1 atom stereocenters. The van der Waals surface area contributed by atoms with Crippen LogP contribution in [0.5, 0.6) is 0 Å². The lowest BCUT2D eigenvalue weighted by Crippen LogP contribution is -2.61. The van der Waals surface area contributed by atoms with E-state index in [-0.39, 0.29) is 22.4 Å². The van der Waals surface area contributed by atoms with E-state index in [2.05, 4.69) is 15.7 Å². The van der Waals surface area contributed by atoms with E-state index in [0.29, 0.717) is 24.2 Å². The zero-order chi connectivity index (χ0) is 21.2. The molecule has 1 aromatic heterocycles. The van der Waals surface area contributed by atoms with E-state index in [0.717, 1.165) is 5.56 Å². The number of benzene rings is 1. The first-order valence-electron chi connectivity index (χ1n) is 9.32. The molecule has 1 aliphatic heterocycles. The summed E-state index contributed by atoms with van der Waals surface area (Å²) in [7, 11) is 0. The number of aromatic nitrogens is 1. The van der Waals surface area contributed by atoms with Gasteiger partial charge >= 0.3 is 0 Å². The first kappa shape index (κ1) is 21.0. The SMILES string of the molecule is CCN1NC(CC)(c2ccncc2)C(C(C)=O)=C(Nc2ccc(F)c(Cl)c2)C1=O. The molecule has 1 unspecified atom stereocenters. The van der Waals surface area contributed by atoms with Gasteiger partial charge in [0.15, 0.2) is 5.78 Å². The summed E-state index contributed by atoms with van der Waals surface area (Å²) < 4.78 is 13.6. The number of ketones is 1. The first-order chi connectivity index (χ1) is 13.8. The Morgan fingerprint density at radius 1 is 1.28 bits per heavy atom. The van der Waals surface area contributed by atoms with Gasteiger partial charge in [-0.15, -0.1) is 0 Å². The number of amides is 1. The van der Waals surface area contributed by atoms with Gasteiger partial charge in [-0.05, 0) is 56.2 Å². The Kier molecular flexibility index (Phi) is 6.00. The highest BCUT2D eigenvalue weighted by atomic mass is 35.5. The van der Waals surface area contributed by atoms with Crippen LogP contribution in [0.1, 0.15) is 32.8 Å². The fraction of sp³-hybridized carbons (Fsp3) is 0.286. The Morgan fingerprint density at radius 3 is 2.52 bits per heavy atom. The standard InChI is InChI=1S/C21H22ClFN4O2/c1-4-21(14-8-10-24-11-9-14)18(13(3)28)19(20(29)27(5-2)26-21)25-15-6-7-17(23)16(22)12-15/h6-12,25-26H,4-5H2,1-3H3. The summed E-state index contributed by atoms with van der Waals surface area (Å²) in [6.07, 6.45) is 3.79. The molecule has 0 saturated carbocycles. The number of nitrogens with one attached hydrogen (secondary N) is 2. The first-order valence-corrected chi connectivity index (χ1v) is 9.69. The average molecular weight is 417 g/mol. The summed E-state index contributed by atoms with van der Waals surface area (Å²) in [4.78, 5) is 30.0. The maximum Gasteiger partial charge on any atom is 0.284 e. The van der Waals surface area contributed by atoms with Crippen molar-refractivity contribution in [3.63, 3.8) is 0 Å². The molecular weight excluding hydrogens is 395 g/mol. The highest BCUT2D eigenvalue weighted by Gasteiger charge is 2.46. The molecule has 0 aliphatic carbocycles. The van der Waals surface area contributed by atoms with Crippen molar-refractivity contribution in [1.82, 2.24) is 15.4 Å². The number of likely N-dealkylation sites (N-methyl/N-ethyl adjacent to an activating group) is 1. The van der Waals surface area contributed by atoms with E-state index in [9.17, 15) is 14.0 Å². The summed E-state index contributed by atoms with van der Waals surface area (Å²) in [6, 6.07) is 7.69. The predicted octanol–water partition coefficient (Wildman–Crippen LogP) is 3.80. The topological polar surface area (TPSA) is 74.3 Å². The van der Waals surface area contributed by atoms with Crippen LogP contribution in [0.2, 0.25) is 5.02 Å². The second-order valence-electron chi connectivity index (χ2n) is 6.72. The number of hydrogen-bond acceptors (Lipinski definition) is 5. The molecule has 3 rings (SSSR count). The van der Waals surface area contributed by atoms with Crippen LogP contribution >= 0.6 is 11.6 Å². The van der Waals surface area contributed by atoms with Gasteiger partial charge in [-0.2, -0.15) is 0 Å². The van der Waals surface area contributed by atoms with Gasteiger partial charge in [-0.3, -0.25) is 19.6 Å². The van der Waals surface area contributed by atoms with E-state index in [1.807, 2.05) is 26.0 Å². The van der Waals surface area contributed by atoms with Crippen LogP contribution in [0.25, 0.3) is 0 Å². The third-order valence-corrected chi connectivity index (χ3v) is 5.31. The number of carbonyl (C=O) groups excluding carboxylic acids is 2. The van der Waals surface area contributed by atoms with Crippen molar-refractivity contribution in [1.29, 1.82) is 0 Å². The Bertz CT molecular complexity index is 980. The number of hydrazine groups is 1. The van der Waals surface area contributed by atoms with Gasteiger partial charge in [0.1, 0.15) is 11.5 Å². The van der Waals surface area contributed by atoms with Crippen LogP contribution in [-0.4, -0.2) is 28.2 Å². The van der Waals surface area contributed by atoms with Crippen LogP contribution in [0, 0.1) is 5.82 Å².